The molecule has 4 nitrogen and oxygen atoms in total. The van der Waals surface area contributed by atoms with Gasteiger partial charge in [-0.2, -0.15) is 0 Å². The molecule has 0 aliphatic carbocycles. The summed E-state index contributed by atoms with van der Waals surface area (Å²) in [5.41, 5.74) is 5.55. The lowest BCUT2D eigenvalue weighted by Gasteiger charge is -2.44. The van der Waals surface area contributed by atoms with Crippen molar-refractivity contribution in [3.8, 4) is 0 Å². The molecule has 1 aliphatic heterocycles. The highest BCUT2D eigenvalue weighted by atomic mass is 16.6. The van der Waals surface area contributed by atoms with Gasteiger partial charge in [-0.15, -0.1) is 0 Å². The topological polar surface area (TPSA) is 55.6 Å². The second-order valence-corrected chi connectivity index (χ2v) is 7.66. The monoisotopic (exact) mass is 270 g/mol. The Kier molecular flexibility index (Phi) is 4.88. The smallest absolute Gasteiger partial charge is 0.410 e. The third kappa shape index (κ3) is 4.68. The van der Waals surface area contributed by atoms with E-state index in [0.717, 1.165) is 19.4 Å². The van der Waals surface area contributed by atoms with Crippen molar-refractivity contribution in [3.63, 3.8) is 0 Å². The normalized spacial score (nSPS) is 25.3. The van der Waals surface area contributed by atoms with Crippen molar-refractivity contribution in [2.75, 3.05) is 13.1 Å². The molecule has 1 aliphatic rings. The lowest BCUT2D eigenvalue weighted by molar-refractivity contribution is -0.00585. The Morgan fingerprint density at radius 3 is 2.21 bits per heavy atom. The number of amides is 1. The van der Waals surface area contributed by atoms with E-state index in [1.807, 2.05) is 25.7 Å². The molecular weight excluding hydrogens is 240 g/mol. The van der Waals surface area contributed by atoms with E-state index in [-0.39, 0.29) is 17.6 Å². The van der Waals surface area contributed by atoms with Gasteiger partial charge in [-0.25, -0.2) is 4.79 Å². The number of hydrogen-bond donors (Lipinski definition) is 1. The van der Waals surface area contributed by atoms with Crippen molar-refractivity contribution in [2.24, 2.45) is 17.1 Å². The molecule has 1 amide bonds. The summed E-state index contributed by atoms with van der Waals surface area (Å²) < 4.78 is 5.50. The number of carbonyl (C=O) groups excluding carboxylic acids is 1. The van der Waals surface area contributed by atoms with E-state index < -0.39 is 5.60 Å². The fraction of sp³-hybridized carbons (Fsp3) is 0.933. The van der Waals surface area contributed by atoms with E-state index in [2.05, 4.69) is 20.8 Å². The minimum Gasteiger partial charge on any atom is -0.444 e. The maximum Gasteiger partial charge on any atom is 0.410 e. The lowest BCUT2D eigenvalue weighted by atomic mass is 9.75. The van der Waals surface area contributed by atoms with E-state index in [1.54, 1.807) is 0 Å². The summed E-state index contributed by atoms with van der Waals surface area (Å²) in [6.07, 6.45) is 1.87. The fourth-order valence-electron chi connectivity index (χ4n) is 2.52. The summed E-state index contributed by atoms with van der Waals surface area (Å²) in [6.45, 7) is 13.6. The summed E-state index contributed by atoms with van der Waals surface area (Å²) in [5, 5.41) is 0. The minimum absolute atomic E-state index is 0.119. The van der Waals surface area contributed by atoms with Crippen molar-refractivity contribution in [1.29, 1.82) is 0 Å². The van der Waals surface area contributed by atoms with E-state index in [4.69, 9.17) is 10.5 Å². The Labute approximate surface area is 117 Å². The van der Waals surface area contributed by atoms with Crippen LogP contribution in [0.1, 0.15) is 54.4 Å². The third-order valence-electron chi connectivity index (χ3n) is 3.83. The number of nitrogens with zero attached hydrogens (tertiary/aromatic N) is 1. The van der Waals surface area contributed by atoms with Crippen LogP contribution in [0.5, 0.6) is 0 Å². The Morgan fingerprint density at radius 2 is 1.79 bits per heavy atom. The predicted octanol–water partition coefficient (Wildman–Crippen LogP) is 3.01. The zero-order chi connectivity index (χ0) is 14.8. The molecule has 0 aromatic heterocycles. The third-order valence-corrected chi connectivity index (χ3v) is 3.83. The van der Waals surface area contributed by atoms with Crippen LogP contribution < -0.4 is 5.73 Å². The lowest BCUT2D eigenvalue weighted by Crippen LogP contribution is -2.53. The highest BCUT2D eigenvalue weighted by Crippen LogP contribution is 2.35. The molecule has 0 aromatic carbocycles. The van der Waals surface area contributed by atoms with E-state index in [1.165, 1.54) is 0 Å². The SMILES string of the molecule is CC(C)(C)OC(=O)N1C[C@@H](C(C)(C)C)CC[C@@H]1CN. The van der Waals surface area contributed by atoms with Crippen LogP contribution in [-0.2, 0) is 4.74 Å². The van der Waals surface area contributed by atoms with Crippen LogP contribution in [0.2, 0.25) is 0 Å². The summed E-state index contributed by atoms with van der Waals surface area (Å²) >= 11 is 0. The van der Waals surface area contributed by atoms with E-state index >= 15 is 0 Å². The molecule has 19 heavy (non-hydrogen) atoms. The number of ether oxygens (including phenoxy) is 1. The molecule has 2 N–H and O–H groups in total. The van der Waals surface area contributed by atoms with E-state index in [9.17, 15) is 4.79 Å². The van der Waals surface area contributed by atoms with Gasteiger partial charge in [0, 0.05) is 19.1 Å². The van der Waals surface area contributed by atoms with Crippen molar-refractivity contribution in [3.05, 3.63) is 0 Å². The highest BCUT2D eigenvalue weighted by molar-refractivity contribution is 5.68. The van der Waals surface area contributed by atoms with Crippen LogP contribution in [0.25, 0.3) is 0 Å². The van der Waals surface area contributed by atoms with Crippen molar-refractivity contribution >= 4 is 6.09 Å². The molecule has 0 radical (unpaired) electrons. The van der Waals surface area contributed by atoms with Gasteiger partial charge in [0.1, 0.15) is 5.60 Å². The van der Waals surface area contributed by atoms with Gasteiger partial charge in [-0.3, -0.25) is 0 Å². The first-order chi connectivity index (χ1) is 8.54. The molecule has 0 aromatic rings. The Bertz CT molecular complexity index is 315. The standard InChI is InChI=1S/C15H30N2O2/c1-14(2,3)11-7-8-12(9-16)17(10-11)13(18)19-15(4,5)6/h11-12H,7-10,16H2,1-6H3/t11-,12+/m0/s1. The first-order valence-electron chi connectivity index (χ1n) is 7.24. The molecule has 0 unspecified atom stereocenters. The molecule has 0 spiro atoms. The maximum absolute atomic E-state index is 12.3. The van der Waals surface area contributed by atoms with Gasteiger partial charge >= 0.3 is 6.09 Å². The highest BCUT2D eigenvalue weighted by Gasteiger charge is 2.37. The predicted molar refractivity (Wildman–Crippen MR) is 78.0 cm³/mol. The van der Waals surface area contributed by atoms with Crippen LogP contribution in [-0.4, -0.2) is 35.7 Å². The van der Waals surface area contributed by atoms with Crippen LogP contribution in [0.4, 0.5) is 4.79 Å². The molecular formula is C15H30N2O2. The summed E-state index contributed by atoms with van der Waals surface area (Å²) in [4.78, 5) is 14.1. The summed E-state index contributed by atoms with van der Waals surface area (Å²) in [7, 11) is 0. The zero-order valence-corrected chi connectivity index (χ0v) is 13.3. The van der Waals surface area contributed by atoms with Crippen molar-refractivity contribution < 1.29 is 9.53 Å². The number of piperidine rings is 1. The molecule has 0 bridgehead atoms. The average Bonchev–Trinajstić information content (AvgIpc) is 2.24. The van der Waals surface area contributed by atoms with Crippen molar-refractivity contribution in [2.45, 2.75) is 66.0 Å². The largest absolute Gasteiger partial charge is 0.444 e. The first kappa shape index (κ1) is 16.3. The van der Waals surface area contributed by atoms with Gasteiger partial charge in [0.05, 0.1) is 0 Å². The fourth-order valence-corrected chi connectivity index (χ4v) is 2.52. The van der Waals surface area contributed by atoms with Crippen LogP contribution in [0, 0.1) is 11.3 Å². The molecule has 112 valence electrons. The maximum atomic E-state index is 12.3. The number of nitrogens with two attached hydrogens (primary N) is 1. The molecule has 1 rings (SSSR count). The number of hydrogen-bond acceptors (Lipinski definition) is 3. The minimum atomic E-state index is -0.453. The zero-order valence-electron chi connectivity index (χ0n) is 13.3. The second-order valence-electron chi connectivity index (χ2n) is 7.66. The number of likely N-dealkylation sites (tertiary alicyclic amines) is 1. The molecule has 0 saturated carbocycles. The molecule has 4 heteroatoms. The van der Waals surface area contributed by atoms with Crippen LogP contribution in [0.3, 0.4) is 0 Å². The van der Waals surface area contributed by atoms with E-state index in [0.29, 0.717) is 12.5 Å². The van der Waals surface area contributed by atoms with Crippen LogP contribution >= 0.6 is 0 Å². The summed E-state index contributed by atoms with van der Waals surface area (Å²) in [5.74, 6) is 0.503. The van der Waals surface area contributed by atoms with Gasteiger partial charge in [-0.05, 0) is 44.9 Å². The molecule has 1 fully saturated rings. The van der Waals surface area contributed by atoms with Gasteiger partial charge in [0.25, 0.3) is 0 Å². The Balaban J connectivity index is 2.78. The Hall–Kier alpha value is -0.770. The number of carbonyl (C=O) groups is 1. The van der Waals surface area contributed by atoms with Gasteiger partial charge in [0.15, 0.2) is 0 Å². The quantitative estimate of drug-likeness (QED) is 0.797. The molecule has 1 saturated heterocycles. The van der Waals surface area contributed by atoms with Gasteiger partial charge < -0.3 is 15.4 Å². The van der Waals surface area contributed by atoms with Gasteiger partial charge in [-0.1, -0.05) is 20.8 Å². The molecule has 1 heterocycles. The summed E-state index contributed by atoms with van der Waals surface area (Å²) in [6, 6.07) is 0.119. The average molecular weight is 270 g/mol. The Morgan fingerprint density at radius 1 is 1.21 bits per heavy atom. The van der Waals surface area contributed by atoms with Crippen LogP contribution in [0.15, 0.2) is 0 Å². The first-order valence-corrected chi connectivity index (χ1v) is 7.24. The second kappa shape index (κ2) is 5.70. The van der Waals surface area contributed by atoms with Crippen molar-refractivity contribution in [1.82, 2.24) is 4.90 Å². The van der Waals surface area contributed by atoms with Gasteiger partial charge in [0.2, 0.25) is 0 Å². The molecule has 2 atom stereocenters. The number of rotatable bonds is 1.